The van der Waals surface area contributed by atoms with Gasteiger partial charge in [-0.05, 0) is 61.5 Å². The van der Waals surface area contributed by atoms with Gasteiger partial charge >= 0.3 is 0 Å². The smallest absolute Gasteiger partial charge is 0.261 e. The maximum Gasteiger partial charge on any atom is 0.261 e. The van der Waals surface area contributed by atoms with E-state index in [1.54, 1.807) is 42.5 Å². The maximum absolute atomic E-state index is 12.5. The van der Waals surface area contributed by atoms with Crippen molar-refractivity contribution >= 4 is 42.7 Å². The van der Waals surface area contributed by atoms with Crippen molar-refractivity contribution in [3.8, 4) is 11.5 Å². The monoisotopic (exact) mass is 442 g/mol. The Labute approximate surface area is 165 Å². The predicted octanol–water partition coefficient (Wildman–Crippen LogP) is 5.37. The van der Waals surface area contributed by atoms with Gasteiger partial charge in [-0.15, -0.1) is 0 Å². The Morgan fingerprint density at radius 1 is 0.963 bits per heavy atom. The van der Waals surface area contributed by atoms with Crippen molar-refractivity contribution in [3.05, 3.63) is 76.8 Å². The van der Waals surface area contributed by atoms with Crippen molar-refractivity contribution in [2.24, 2.45) is 0 Å². The molecule has 3 aromatic carbocycles. The lowest BCUT2D eigenvalue weighted by atomic mass is 10.2. The minimum atomic E-state index is -3.66. The highest BCUT2D eigenvalue weighted by Crippen LogP contribution is 2.28. The first-order valence-corrected chi connectivity index (χ1v) is 10.4. The van der Waals surface area contributed by atoms with Crippen molar-refractivity contribution in [2.75, 3.05) is 4.72 Å². The molecule has 0 aliphatic carbocycles. The van der Waals surface area contributed by atoms with Crippen LogP contribution in [0.2, 0.25) is 0 Å². The van der Waals surface area contributed by atoms with E-state index in [-0.39, 0.29) is 4.90 Å². The summed E-state index contributed by atoms with van der Waals surface area (Å²) in [5, 5.41) is 0. The highest BCUT2D eigenvalue weighted by Gasteiger charge is 2.15. The van der Waals surface area contributed by atoms with Crippen LogP contribution >= 0.6 is 15.9 Å². The van der Waals surface area contributed by atoms with E-state index in [4.69, 9.17) is 4.42 Å². The zero-order valence-corrected chi connectivity index (χ0v) is 16.7. The Bertz CT molecular complexity index is 1210. The minimum Gasteiger partial charge on any atom is -0.436 e. The largest absolute Gasteiger partial charge is 0.436 e. The Hall–Kier alpha value is -2.64. The minimum absolute atomic E-state index is 0.212. The molecular formula is C20H15BrN2O3S. The van der Waals surface area contributed by atoms with Crippen LogP contribution < -0.4 is 4.72 Å². The molecule has 5 nitrogen and oxygen atoms in total. The Kier molecular flexibility index (Phi) is 4.49. The molecule has 0 aliphatic rings. The van der Waals surface area contributed by atoms with E-state index in [1.165, 1.54) is 0 Å². The molecule has 0 saturated heterocycles. The van der Waals surface area contributed by atoms with E-state index in [0.29, 0.717) is 22.7 Å². The number of aryl methyl sites for hydroxylation is 1. The first kappa shape index (κ1) is 17.8. The molecule has 1 N–H and O–H groups in total. The van der Waals surface area contributed by atoms with E-state index >= 15 is 0 Å². The average molecular weight is 443 g/mol. The van der Waals surface area contributed by atoms with Crippen LogP contribution in [0.1, 0.15) is 5.56 Å². The third kappa shape index (κ3) is 3.74. The normalized spacial score (nSPS) is 11.6. The molecule has 0 aliphatic heterocycles. The molecule has 0 unspecified atom stereocenters. The maximum atomic E-state index is 12.5. The van der Waals surface area contributed by atoms with Crippen LogP contribution in [0.3, 0.4) is 0 Å². The molecule has 27 heavy (non-hydrogen) atoms. The second-order valence-corrected chi connectivity index (χ2v) is 8.73. The van der Waals surface area contributed by atoms with Gasteiger partial charge in [0.25, 0.3) is 10.0 Å². The molecule has 136 valence electrons. The summed E-state index contributed by atoms with van der Waals surface area (Å²) in [5.41, 5.74) is 3.44. The molecule has 0 amide bonds. The summed E-state index contributed by atoms with van der Waals surface area (Å²) in [7, 11) is -3.66. The van der Waals surface area contributed by atoms with Crippen LogP contribution in [0, 0.1) is 6.92 Å². The van der Waals surface area contributed by atoms with Gasteiger partial charge in [-0.1, -0.05) is 33.6 Å². The zero-order chi connectivity index (χ0) is 19.0. The average Bonchev–Trinajstić information content (AvgIpc) is 3.05. The summed E-state index contributed by atoms with van der Waals surface area (Å²) in [4.78, 5) is 4.68. The molecule has 0 atom stereocenters. The fraction of sp³-hybridized carbons (Fsp3) is 0.0500. The molecule has 1 aromatic heterocycles. The summed E-state index contributed by atoms with van der Waals surface area (Å²) in [6, 6.07) is 19.3. The van der Waals surface area contributed by atoms with Crippen LogP contribution in [0.4, 0.5) is 5.69 Å². The lowest BCUT2D eigenvalue weighted by Gasteiger charge is -2.08. The highest BCUT2D eigenvalue weighted by atomic mass is 79.9. The summed E-state index contributed by atoms with van der Waals surface area (Å²) in [6.45, 7) is 1.91. The van der Waals surface area contributed by atoms with Gasteiger partial charge in [0.15, 0.2) is 5.58 Å². The van der Waals surface area contributed by atoms with E-state index < -0.39 is 10.0 Å². The van der Waals surface area contributed by atoms with Crippen LogP contribution in [0.15, 0.2) is 80.5 Å². The number of hydrogen-bond donors (Lipinski definition) is 1. The van der Waals surface area contributed by atoms with Crippen LogP contribution in [0.5, 0.6) is 0 Å². The van der Waals surface area contributed by atoms with Gasteiger partial charge in [0.05, 0.1) is 10.6 Å². The summed E-state index contributed by atoms with van der Waals surface area (Å²) in [6.07, 6.45) is 0. The lowest BCUT2D eigenvalue weighted by Crippen LogP contribution is -2.12. The number of sulfonamides is 1. The van der Waals surface area contributed by atoms with Crippen molar-refractivity contribution in [3.63, 3.8) is 0 Å². The van der Waals surface area contributed by atoms with Crippen molar-refractivity contribution < 1.29 is 12.8 Å². The molecular weight excluding hydrogens is 428 g/mol. The molecule has 1 heterocycles. The third-order valence-corrected chi connectivity index (χ3v) is 5.99. The Morgan fingerprint density at radius 3 is 2.37 bits per heavy atom. The molecule has 0 fully saturated rings. The highest BCUT2D eigenvalue weighted by molar-refractivity contribution is 9.10. The van der Waals surface area contributed by atoms with Gasteiger partial charge in [-0.25, -0.2) is 13.4 Å². The van der Waals surface area contributed by atoms with E-state index in [9.17, 15) is 8.42 Å². The zero-order valence-electron chi connectivity index (χ0n) is 14.3. The number of benzene rings is 3. The summed E-state index contributed by atoms with van der Waals surface area (Å²) in [5.74, 6) is 0.482. The fourth-order valence-electron chi connectivity index (χ4n) is 2.64. The number of hydrogen-bond acceptors (Lipinski definition) is 4. The number of aromatic nitrogens is 1. The van der Waals surface area contributed by atoms with Crippen LogP contribution in [-0.2, 0) is 10.0 Å². The summed E-state index contributed by atoms with van der Waals surface area (Å²) < 4.78 is 34.4. The van der Waals surface area contributed by atoms with Crippen molar-refractivity contribution in [2.45, 2.75) is 11.8 Å². The number of oxazole rings is 1. The molecule has 7 heteroatoms. The van der Waals surface area contributed by atoms with Gasteiger partial charge in [0.2, 0.25) is 5.89 Å². The first-order chi connectivity index (χ1) is 12.9. The molecule has 4 rings (SSSR count). The quantitative estimate of drug-likeness (QED) is 0.461. The van der Waals surface area contributed by atoms with Crippen LogP contribution in [-0.4, -0.2) is 13.4 Å². The Balaban J connectivity index is 1.65. The molecule has 0 spiro atoms. The first-order valence-electron chi connectivity index (χ1n) is 8.17. The second-order valence-electron chi connectivity index (χ2n) is 6.13. The van der Waals surface area contributed by atoms with Gasteiger partial charge < -0.3 is 4.42 Å². The van der Waals surface area contributed by atoms with Gasteiger partial charge in [0.1, 0.15) is 5.52 Å². The second kappa shape index (κ2) is 6.83. The summed E-state index contributed by atoms with van der Waals surface area (Å²) >= 11 is 3.40. The predicted molar refractivity (Wildman–Crippen MR) is 109 cm³/mol. The number of nitrogens with one attached hydrogen (secondary N) is 1. The van der Waals surface area contributed by atoms with Gasteiger partial charge in [0, 0.05) is 10.0 Å². The molecule has 0 radical (unpaired) electrons. The third-order valence-electron chi connectivity index (χ3n) is 4.06. The standard InChI is InChI=1S/C20H15BrN2O3S/c1-13-2-9-17(10-3-13)27(24,25)23-16-8-11-19-18(12-16)22-20(26-19)14-4-6-15(21)7-5-14/h2-12,23H,1H3. The Morgan fingerprint density at radius 2 is 1.67 bits per heavy atom. The van der Waals surface area contributed by atoms with Crippen molar-refractivity contribution in [1.29, 1.82) is 0 Å². The number of halogens is 1. The molecule has 0 bridgehead atoms. The van der Waals surface area contributed by atoms with Crippen LogP contribution in [0.25, 0.3) is 22.6 Å². The number of anilines is 1. The van der Waals surface area contributed by atoms with Crippen molar-refractivity contribution in [1.82, 2.24) is 4.98 Å². The van der Waals surface area contributed by atoms with E-state index in [2.05, 4.69) is 25.6 Å². The molecule has 4 aromatic rings. The van der Waals surface area contributed by atoms with Gasteiger partial charge in [-0.3, -0.25) is 4.72 Å². The van der Waals surface area contributed by atoms with E-state index in [0.717, 1.165) is 15.6 Å². The number of rotatable bonds is 4. The SMILES string of the molecule is Cc1ccc(S(=O)(=O)Nc2ccc3oc(-c4ccc(Br)cc4)nc3c2)cc1. The van der Waals surface area contributed by atoms with Gasteiger partial charge in [-0.2, -0.15) is 0 Å². The van der Waals surface area contributed by atoms with E-state index in [1.807, 2.05) is 31.2 Å². The number of fused-ring (bicyclic) bond motifs is 1. The fourth-order valence-corrected chi connectivity index (χ4v) is 3.95. The lowest BCUT2D eigenvalue weighted by molar-refractivity contribution is 0.601. The topological polar surface area (TPSA) is 72.2 Å². The molecule has 0 saturated carbocycles. The number of nitrogens with zero attached hydrogens (tertiary/aromatic N) is 1.